The predicted octanol–water partition coefficient (Wildman–Crippen LogP) is 4.20. The van der Waals surface area contributed by atoms with Crippen LogP contribution in [0.25, 0.3) is 0 Å². The van der Waals surface area contributed by atoms with Crippen molar-refractivity contribution in [1.82, 2.24) is 5.32 Å². The fourth-order valence-corrected chi connectivity index (χ4v) is 2.78. The molecule has 0 spiro atoms. The average Bonchev–Trinajstić information content (AvgIpc) is 3.04. The topological polar surface area (TPSA) is 12.0 Å². The van der Waals surface area contributed by atoms with Crippen LogP contribution >= 0.6 is 11.6 Å². The summed E-state index contributed by atoms with van der Waals surface area (Å²) in [6, 6.07) is 0. The van der Waals surface area contributed by atoms with Gasteiger partial charge in [0.15, 0.2) is 0 Å². The van der Waals surface area contributed by atoms with Gasteiger partial charge in [0.2, 0.25) is 0 Å². The van der Waals surface area contributed by atoms with Gasteiger partial charge in [-0.1, -0.05) is 33.1 Å². The second-order valence-corrected chi connectivity index (χ2v) is 5.86. The van der Waals surface area contributed by atoms with Crippen molar-refractivity contribution in [3.8, 4) is 0 Å². The molecule has 1 N–H and O–H groups in total. The van der Waals surface area contributed by atoms with E-state index in [1.54, 1.807) is 0 Å². The summed E-state index contributed by atoms with van der Waals surface area (Å²) >= 11 is 5.84. The standard InChI is InChI=1S/C14H28ClN/c1-3-5-6-13(4-2)11-16-12-14(7-8-14)9-10-15/h13,16H,3-12H2,1-2H3. The maximum Gasteiger partial charge on any atom is 0.0229 e. The van der Waals surface area contributed by atoms with Crippen LogP contribution in [0.2, 0.25) is 0 Å². The lowest BCUT2D eigenvalue weighted by molar-refractivity contribution is 0.378. The molecular formula is C14H28ClN. The zero-order valence-corrected chi connectivity index (χ0v) is 11.8. The van der Waals surface area contributed by atoms with Gasteiger partial charge in [0, 0.05) is 12.4 Å². The van der Waals surface area contributed by atoms with Crippen molar-refractivity contribution in [3.63, 3.8) is 0 Å². The Morgan fingerprint density at radius 3 is 2.56 bits per heavy atom. The summed E-state index contributed by atoms with van der Waals surface area (Å²) in [7, 11) is 0. The number of unbranched alkanes of at least 4 members (excludes halogenated alkanes) is 1. The maximum atomic E-state index is 5.84. The summed E-state index contributed by atoms with van der Waals surface area (Å²) in [6.45, 7) is 7.00. The zero-order valence-electron chi connectivity index (χ0n) is 11.0. The number of nitrogens with one attached hydrogen (secondary N) is 1. The minimum absolute atomic E-state index is 0.588. The average molecular weight is 246 g/mol. The highest BCUT2D eigenvalue weighted by molar-refractivity contribution is 6.17. The molecule has 0 aromatic carbocycles. The van der Waals surface area contributed by atoms with E-state index in [4.69, 9.17) is 11.6 Å². The van der Waals surface area contributed by atoms with Crippen molar-refractivity contribution in [2.45, 2.75) is 58.8 Å². The Hall–Kier alpha value is 0.250. The van der Waals surface area contributed by atoms with Crippen LogP contribution in [-0.2, 0) is 0 Å². The van der Waals surface area contributed by atoms with E-state index < -0.39 is 0 Å². The molecule has 96 valence electrons. The summed E-state index contributed by atoms with van der Waals surface area (Å²) in [4.78, 5) is 0. The van der Waals surface area contributed by atoms with Crippen molar-refractivity contribution in [2.24, 2.45) is 11.3 Å². The van der Waals surface area contributed by atoms with Crippen LogP contribution in [0.5, 0.6) is 0 Å². The zero-order chi connectivity index (χ0) is 11.9. The van der Waals surface area contributed by atoms with Gasteiger partial charge < -0.3 is 5.32 Å². The van der Waals surface area contributed by atoms with Gasteiger partial charge in [-0.2, -0.15) is 0 Å². The van der Waals surface area contributed by atoms with Gasteiger partial charge in [0.1, 0.15) is 0 Å². The molecule has 16 heavy (non-hydrogen) atoms. The largest absolute Gasteiger partial charge is 0.316 e. The van der Waals surface area contributed by atoms with Crippen LogP contribution in [0.15, 0.2) is 0 Å². The van der Waals surface area contributed by atoms with Crippen molar-refractivity contribution < 1.29 is 0 Å². The van der Waals surface area contributed by atoms with E-state index in [1.165, 1.54) is 58.0 Å². The van der Waals surface area contributed by atoms with E-state index >= 15 is 0 Å². The number of alkyl halides is 1. The van der Waals surface area contributed by atoms with Crippen molar-refractivity contribution >= 4 is 11.6 Å². The smallest absolute Gasteiger partial charge is 0.0229 e. The lowest BCUT2D eigenvalue weighted by Crippen LogP contribution is -2.29. The highest BCUT2D eigenvalue weighted by atomic mass is 35.5. The Kier molecular flexibility index (Phi) is 6.75. The van der Waals surface area contributed by atoms with Gasteiger partial charge >= 0.3 is 0 Å². The van der Waals surface area contributed by atoms with E-state index in [9.17, 15) is 0 Å². The van der Waals surface area contributed by atoms with E-state index in [-0.39, 0.29) is 0 Å². The van der Waals surface area contributed by atoms with Gasteiger partial charge in [-0.15, -0.1) is 11.6 Å². The Morgan fingerprint density at radius 1 is 1.31 bits per heavy atom. The van der Waals surface area contributed by atoms with Crippen molar-refractivity contribution in [3.05, 3.63) is 0 Å². The summed E-state index contributed by atoms with van der Waals surface area (Å²) in [6.07, 6.45) is 9.39. The van der Waals surface area contributed by atoms with Crippen molar-refractivity contribution in [2.75, 3.05) is 19.0 Å². The first kappa shape index (κ1) is 14.3. The van der Waals surface area contributed by atoms with Crippen LogP contribution in [-0.4, -0.2) is 19.0 Å². The molecule has 2 heteroatoms. The number of halogens is 1. The normalized spacial score (nSPS) is 19.7. The highest BCUT2D eigenvalue weighted by Gasteiger charge is 2.41. The Morgan fingerprint density at radius 2 is 2.06 bits per heavy atom. The summed E-state index contributed by atoms with van der Waals surface area (Å²) in [5, 5.41) is 3.67. The first-order chi connectivity index (χ1) is 7.76. The molecule has 0 saturated heterocycles. The molecule has 0 aromatic rings. The molecular weight excluding hydrogens is 218 g/mol. The fourth-order valence-electron chi connectivity index (χ4n) is 2.38. The lowest BCUT2D eigenvalue weighted by atomic mass is 9.98. The summed E-state index contributed by atoms with van der Waals surface area (Å²) in [5.41, 5.74) is 0.588. The van der Waals surface area contributed by atoms with Crippen LogP contribution in [0.3, 0.4) is 0 Å². The second-order valence-electron chi connectivity index (χ2n) is 5.49. The molecule has 0 bridgehead atoms. The molecule has 0 aromatic heterocycles. The second kappa shape index (κ2) is 7.55. The molecule has 0 aliphatic heterocycles. The molecule has 0 radical (unpaired) electrons. The Balaban J connectivity index is 2.08. The molecule has 1 nitrogen and oxygen atoms in total. The first-order valence-corrected chi connectivity index (χ1v) is 7.56. The van der Waals surface area contributed by atoms with E-state index in [1.807, 2.05) is 0 Å². The van der Waals surface area contributed by atoms with E-state index in [2.05, 4.69) is 19.2 Å². The molecule has 1 atom stereocenters. The van der Waals surface area contributed by atoms with Gasteiger partial charge in [-0.05, 0) is 43.6 Å². The molecule has 1 aliphatic carbocycles. The van der Waals surface area contributed by atoms with E-state index in [0.717, 1.165) is 11.8 Å². The van der Waals surface area contributed by atoms with E-state index in [0.29, 0.717) is 5.41 Å². The maximum absolute atomic E-state index is 5.84. The molecule has 1 unspecified atom stereocenters. The number of rotatable bonds is 10. The van der Waals surface area contributed by atoms with Gasteiger partial charge in [0.25, 0.3) is 0 Å². The third kappa shape index (κ3) is 5.05. The monoisotopic (exact) mass is 245 g/mol. The molecule has 1 fully saturated rings. The highest BCUT2D eigenvalue weighted by Crippen LogP contribution is 2.48. The molecule has 1 saturated carbocycles. The van der Waals surface area contributed by atoms with Gasteiger partial charge in [-0.25, -0.2) is 0 Å². The minimum atomic E-state index is 0.588. The Labute approximate surface area is 106 Å². The first-order valence-electron chi connectivity index (χ1n) is 7.03. The van der Waals surface area contributed by atoms with Crippen molar-refractivity contribution in [1.29, 1.82) is 0 Å². The summed E-state index contributed by atoms with van der Waals surface area (Å²) in [5.74, 6) is 1.71. The molecule has 0 heterocycles. The van der Waals surface area contributed by atoms with Crippen LogP contribution in [0, 0.1) is 11.3 Å². The van der Waals surface area contributed by atoms with Crippen LogP contribution < -0.4 is 5.32 Å². The van der Waals surface area contributed by atoms with Crippen LogP contribution in [0.1, 0.15) is 58.8 Å². The minimum Gasteiger partial charge on any atom is -0.316 e. The molecule has 0 amide bonds. The Bertz CT molecular complexity index is 178. The SMILES string of the molecule is CCCCC(CC)CNCC1(CCCl)CC1. The number of hydrogen-bond donors (Lipinski definition) is 1. The summed E-state index contributed by atoms with van der Waals surface area (Å²) < 4.78 is 0. The fraction of sp³-hybridized carbons (Fsp3) is 1.00. The third-order valence-corrected chi connectivity index (χ3v) is 4.25. The third-order valence-electron chi connectivity index (χ3n) is 4.06. The van der Waals surface area contributed by atoms with Crippen LogP contribution in [0.4, 0.5) is 0 Å². The molecule has 1 aliphatic rings. The lowest BCUT2D eigenvalue weighted by Gasteiger charge is -2.19. The molecule has 1 rings (SSSR count). The number of hydrogen-bond acceptors (Lipinski definition) is 1. The quantitative estimate of drug-likeness (QED) is 0.569. The predicted molar refractivity (Wildman–Crippen MR) is 73.2 cm³/mol. The van der Waals surface area contributed by atoms with Gasteiger partial charge in [-0.3, -0.25) is 0 Å². The van der Waals surface area contributed by atoms with Gasteiger partial charge in [0.05, 0.1) is 0 Å².